The molecule has 2 aromatic carbocycles. The molecular formula is C22H20N4O4S2. The minimum absolute atomic E-state index is 0.223. The van der Waals surface area contributed by atoms with Gasteiger partial charge >= 0.3 is 5.69 Å². The van der Waals surface area contributed by atoms with E-state index >= 15 is 0 Å². The van der Waals surface area contributed by atoms with Gasteiger partial charge in [0.1, 0.15) is 17.0 Å². The number of para-hydroxylation sites is 1. The number of amides is 1. The number of methoxy groups -OCH3 is 1. The Labute approximate surface area is 191 Å². The molecule has 0 aliphatic heterocycles. The molecular weight excluding hydrogens is 448 g/mol. The molecule has 0 aliphatic rings. The van der Waals surface area contributed by atoms with Crippen molar-refractivity contribution < 1.29 is 9.53 Å². The summed E-state index contributed by atoms with van der Waals surface area (Å²) in [7, 11) is 1.59. The second-order valence-corrected chi connectivity index (χ2v) is 8.86. The molecule has 0 aliphatic carbocycles. The summed E-state index contributed by atoms with van der Waals surface area (Å²) in [6.07, 6.45) is 1.84. The van der Waals surface area contributed by atoms with E-state index in [1.807, 2.05) is 30.5 Å². The molecule has 0 atom stereocenters. The third-order valence-corrected chi connectivity index (χ3v) is 6.82. The smallest absolute Gasteiger partial charge is 0.337 e. The van der Waals surface area contributed by atoms with Crippen molar-refractivity contribution in [2.45, 2.75) is 17.4 Å². The predicted molar refractivity (Wildman–Crippen MR) is 126 cm³/mol. The van der Waals surface area contributed by atoms with Crippen LogP contribution in [0.2, 0.25) is 0 Å². The normalized spacial score (nSPS) is 10.9. The molecule has 0 saturated heterocycles. The SMILES string of the molecule is COc1ccc(CNC(=O)Cn2c(=O)n(-c3ccccc3)c(=O)c3sc(SC)nc32)cc1. The van der Waals surface area contributed by atoms with Crippen LogP contribution >= 0.6 is 23.1 Å². The van der Waals surface area contributed by atoms with Crippen LogP contribution in [-0.2, 0) is 17.9 Å². The van der Waals surface area contributed by atoms with Gasteiger partial charge in [0.15, 0.2) is 9.99 Å². The number of fused-ring (bicyclic) bond motifs is 1. The molecule has 0 fully saturated rings. The van der Waals surface area contributed by atoms with Gasteiger partial charge < -0.3 is 10.1 Å². The number of ether oxygens (including phenoxy) is 1. The minimum Gasteiger partial charge on any atom is -0.497 e. The fraction of sp³-hybridized carbons (Fsp3) is 0.182. The highest BCUT2D eigenvalue weighted by Gasteiger charge is 2.20. The molecule has 32 heavy (non-hydrogen) atoms. The first-order valence-electron chi connectivity index (χ1n) is 9.67. The van der Waals surface area contributed by atoms with Crippen molar-refractivity contribution in [2.24, 2.45) is 0 Å². The quantitative estimate of drug-likeness (QED) is 0.419. The van der Waals surface area contributed by atoms with Gasteiger partial charge in [-0.2, -0.15) is 0 Å². The Morgan fingerprint density at radius 2 is 1.84 bits per heavy atom. The van der Waals surface area contributed by atoms with E-state index in [-0.39, 0.29) is 18.1 Å². The topological polar surface area (TPSA) is 95.2 Å². The predicted octanol–water partition coefficient (Wildman–Crippen LogP) is 2.66. The van der Waals surface area contributed by atoms with Crippen molar-refractivity contribution in [3.8, 4) is 11.4 Å². The van der Waals surface area contributed by atoms with Crippen LogP contribution in [0.3, 0.4) is 0 Å². The molecule has 10 heteroatoms. The van der Waals surface area contributed by atoms with Gasteiger partial charge in [-0.1, -0.05) is 42.1 Å². The summed E-state index contributed by atoms with van der Waals surface area (Å²) in [5, 5.41) is 2.82. The summed E-state index contributed by atoms with van der Waals surface area (Å²) in [5.74, 6) is 0.367. The van der Waals surface area contributed by atoms with Crippen molar-refractivity contribution in [1.82, 2.24) is 19.4 Å². The summed E-state index contributed by atoms with van der Waals surface area (Å²) in [5.41, 5.74) is 0.511. The zero-order valence-electron chi connectivity index (χ0n) is 17.4. The van der Waals surface area contributed by atoms with Gasteiger partial charge in [-0.25, -0.2) is 14.3 Å². The number of carbonyl (C=O) groups is 1. The van der Waals surface area contributed by atoms with Gasteiger partial charge in [-0.05, 0) is 36.1 Å². The summed E-state index contributed by atoms with van der Waals surface area (Å²) in [4.78, 5) is 43.5. The lowest BCUT2D eigenvalue weighted by Crippen LogP contribution is -2.41. The summed E-state index contributed by atoms with van der Waals surface area (Å²) >= 11 is 2.59. The van der Waals surface area contributed by atoms with Crippen LogP contribution in [0.4, 0.5) is 0 Å². The molecule has 1 amide bonds. The molecule has 4 aromatic rings. The number of thioether (sulfide) groups is 1. The minimum atomic E-state index is -0.605. The van der Waals surface area contributed by atoms with Crippen LogP contribution in [0.15, 0.2) is 68.5 Å². The zero-order valence-corrected chi connectivity index (χ0v) is 19.0. The summed E-state index contributed by atoms with van der Waals surface area (Å²) in [6.45, 7) is 0.0440. The lowest BCUT2D eigenvalue weighted by Gasteiger charge is -2.12. The van der Waals surface area contributed by atoms with Crippen molar-refractivity contribution in [2.75, 3.05) is 13.4 Å². The first-order chi connectivity index (χ1) is 15.5. The van der Waals surface area contributed by atoms with Gasteiger partial charge in [0, 0.05) is 6.54 Å². The maximum absolute atomic E-state index is 13.3. The summed E-state index contributed by atoms with van der Waals surface area (Å²) < 4.78 is 8.46. The Balaban J connectivity index is 1.69. The standard InChI is InChI=1S/C22H20N4O4S2/c1-30-16-10-8-14(9-11-16)12-23-17(27)13-25-19-18(32-21(24-19)31-2)20(28)26(22(25)29)15-6-4-3-5-7-15/h3-11H,12-13H2,1-2H3,(H,23,27). The fourth-order valence-corrected chi connectivity index (χ4v) is 4.69. The van der Waals surface area contributed by atoms with Gasteiger partial charge in [-0.3, -0.25) is 14.2 Å². The first kappa shape index (κ1) is 21.8. The molecule has 2 heterocycles. The number of thiazole rings is 1. The Kier molecular flexibility index (Phi) is 6.42. The van der Waals surface area contributed by atoms with E-state index in [9.17, 15) is 14.4 Å². The molecule has 1 N–H and O–H groups in total. The second-order valence-electron chi connectivity index (χ2n) is 6.81. The number of carbonyl (C=O) groups excluding carboxylic acids is 1. The van der Waals surface area contributed by atoms with Crippen LogP contribution in [0.1, 0.15) is 5.56 Å². The van der Waals surface area contributed by atoms with E-state index in [1.54, 1.807) is 37.4 Å². The number of benzene rings is 2. The third-order valence-electron chi connectivity index (χ3n) is 4.80. The number of nitrogens with one attached hydrogen (secondary N) is 1. The van der Waals surface area contributed by atoms with Crippen molar-refractivity contribution in [3.05, 3.63) is 81.0 Å². The molecule has 0 spiro atoms. The molecule has 8 nitrogen and oxygen atoms in total. The van der Waals surface area contributed by atoms with Gasteiger partial charge in [0.05, 0.1) is 12.8 Å². The maximum atomic E-state index is 13.3. The number of hydrogen-bond acceptors (Lipinski definition) is 7. The maximum Gasteiger partial charge on any atom is 0.337 e. The van der Waals surface area contributed by atoms with Crippen molar-refractivity contribution in [1.29, 1.82) is 0 Å². The Morgan fingerprint density at radius 1 is 1.12 bits per heavy atom. The molecule has 0 bridgehead atoms. The molecule has 4 rings (SSSR count). The van der Waals surface area contributed by atoms with E-state index in [2.05, 4.69) is 10.3 Å². The highest BCUT2D eigenvalue weighted by atomic mass is 32.2. The number of nitrogens with zero attached hydrogens (tertiary/aromatic N) is 3. The van der Waals surface area contributed by atoms with Crippen molar-refractivity contribution in [3.63, 3.8) is 0 Å². The largest absolute Gasteiger partial charge is 0.497 e. The molecule has 2 aromatic heterocycles. The van der Waals surface area contributed by atoms with Gasteiger partial charge in [0.2, 0.25) is 5.91 Å². The lowest BCUT2D eigenvalue weighted by atomic mass is 10.2. The van der Waals surface area contributed by atoms with E-state index < -0.39 is 11.2 Å². The second kappa shape index (κ2) is 9.41. The number of rotatable bonds is 7. The highest BCUT2D eigenvalue weighted by Crippen LogP contribution is 2.25. The van der Waals surface area contributed by atoms with Crippen LogP contribution in [0.25, 0.3) is 16.0 Å². The van der Waals surface area contributed by atoms with Crippen LogP contribution in [0.5, 0.6) is 5.75 Å². The number of hydrogen-bond donors (Lipinski definition) is 1. The molecule has 164 valence electrons. The Morgan fingerprint density at radius 3 is 2.50 bits per heavy atom. The van der Waals surface area contributed by atoms with Gasteiger partial charge in [-0.15, -0.1) is 11.3 Å². The van der Waals surface area contributed by atoms with E-state index in [0.717, 1.165) is 15.9 Å². The van der Waals surface area contributed by atoms with E-state index in [4.69, 9.17) is 4.74 Å². The highest BCUT2D eigenvalue weighted by molar-refractivity contribution is 8.00. The monoisotopic (exact) mass is 468 g/mol. The molecule has 0 unspecified atom stereocenters. The number of aromatic nitrogens is 3. The average molecular weight is 469 g/mol. The van der Waals surface area contributed by atoms with Gasteiger partial charge in [0.25, 0.3) is 5.56 Å². The van der Waals surface area contributed by atoms with Crippen molar-refractivity contribution >= 4 is 39.4 Å². The molecule has 0 saturated carbocycles. The Bertz CT molecular complexity index is 1380. The van der Waals surface area contributed by atoms with Crippen LogP contribution in [0, 0.1) is 0 Å². The van der Waals surface area contributed by atoms with Crippen LogP contribution in [-0.4, -0.2) is 33.4 Å². The summed E-state index contributed by atoms with van der Waals surface area (Å²) in [6, 6.07) is 16.0. The van der Waals surface area contributed by atoms with Crippen LogP contribution < -0.4 is 21.3 Å². The Hall–Kier alpha value is -3.37. The zero-order chi connectivity index (χ0) is 22.7. The lowest BCUT2D eigenvalue weighted by molar-refractivity contribution is -0.121. The average Bonchev–Trinajstić information content (AvgIpc) is 3.26. The third kappa shape index (κ3) is 4.32. The van der Waals surface area contributed by atoms with E-state index in [0.29, 0.717) is 21.3 Å². The first-order valence-corrected chi connectivity index (χ1v) is 11.7. The van der Waals surface area contributed by atoms with E-state index in [1.165, 1.54) is 27.7 Å². The molecule has 0 radical (unpaired) electrons. The fourth-order valence-electron chi connectivity index (χ4n) is 3.19.